The predicted molar refractivity (Wildman–Crippen MR) is 113 cm³/mol. The number of fused-ring (bicyclic) bond motifs is 1. The second-order valence-electron chi connectivity index (χ2n) is 5.77. The number of carbonyl (C=O) groups is 1. The van der Waals surface area contributed by atoms with Crippen LogP contribution >= 0.6 is 50.5 Å². The van der Waals surface area contributed by atoms with E-state index >= 15 is 0 Å². The normalized spacial score (nSPS) is 11.1. The molecule has 0 radical (unpaired) electrons. The van der Waals surface area contributed by atoms with Crippen molar-refractivity contribution in [1.29, 1.82) is 0 Å². The van der Waals surface area contributed by atoms with Crippen LogP contribution in [-0.4, -0.2) is 15.7 Å². The first-order valence-electron chi connectivity index (χ1n) is 7.82. The minimum atomic E-state index is -0.456. The molecule has 0 unspecified atom stereocenters. The third-order valence-corrected chi connectivity index (χ3v) is 6.15. The number of rotatable bonds is 3. The zero-order chi connectivity index (χ0) is 19.1. The molecule has 8 heteroatoms. The summed E-state index contributed by atoms with van der Waals surface area (Å²) in [6, 6.07) is 14.3. The Balaban J connectivity index is 1.70. The van der Waals surface area contributed by atoms with Gasteiger partial charge in [0.25, 0.3) is 0 Å². The lowest BCUT2D eigenvalue weighted by Gasteiger charge is -2.05. The third kappa shape index (κ3) is 3.62. The summed E-state index contributed by atoms with van der Waals surface area (Å²) in [4.78, 5) is 14.0. The Morgan fingerprint density at radius 2 is 1.89 bits per heavy atom. The maximum Gasteiger partial charge on any atom is 0.353 e. The van der Waals surface area contributed by atoms with E-state index in [1.807, 2.05) is 31.3 Å². The molecule has 4 aromatic rings. The van der Waals surface area contributed by atoms with Crippen molar-refractivity contribution in [3.63, 3.8) is 0 Å². The Labute approximate surface area is 177 Å². The van der Waals surface area contributed by atoms with Crippen molar-refractivity contribution in [2.24, 2.45) is 7.05 Å². The van der Waals surface area contributed by atoms with Crippen LogP contribution in [0.5, 0.6) is 5.75 Å². The molecule has 0 fully saturated rings. The first-order chi connectivity index (χ1) is 12.9. The summed E-state index contributed by atoms with van der Waals surface area (Å²) in [7, 11) is 1.85. The smallest absolute Gasteiger partial charge is 0.353 e. The summed E-state index contributed by atoms with van der Waals surface area (Å²) in [5.74, 6) is -0.138. The second kappa shape index (κ2) is 7.28. The van der Waals surface area contributed by atoms with E-state index in [9.17, 15) is 4.79 Å². The first-order valence-corrected chi connectivity index (χ1v) is 10.2. The molecule has 0 aliphatic rings. The van der Waals surface area contributed by atoms with Gasteiger partial charge in [-0.15, -0.1) is 11.3 Å². The molecule has 4 rings (SSSR count). The summed E-state index contributed by atoms with van der Waals surface area (Å²) in [5.41, 5.74) is 1.72. The van der Waals surface area contributed by atoms with Gasteiger partial charge in [-0.25, -0.2) is 4.79 Å². The summed E-state index contributed by atoms with van der Waals surface area (Å²) in [5, 5.41) is 6.47. The third-order valence-electron chi connectivity index (χ3n) is 3.93. The van der Waals surface area contributed by atoms with Crippen LogP contribution in [0.3, 0.4) is 0 Å². The molecule has 0 spiro atoms. The highest BCUT2D eigenvalue weighted by molar-refractivity contribution is 9.10. The summed E-state index contributed by atoms with van der Waals surface area (Å²) in [6.45, 7) is 0. The molecule has 0 atom stereocenters. The van der Waals surface area contributed by atoms with Crippen molar-refractivity contribution in [2.45, 2.75) is 0 Å². The van der Waals surface area contributed by atoms with E-state index in [0.29, 0.717) is 20.7 Å². The van der Waals surface area contributed by atoms with Crippen LogP contribution in [0.4, 0.5) is 0 Å². The number of hydrogen-bond donors (Lipinski definition) is 0. The van der Waals surface area contributed by atoms with Gasteiger partial charge in [-0.2, -0.15) is 5.10 Å². The number of carbonyl (C=O) groups excluding carboxylic acids is 1. The zero-order valence-electron chi connectivity index (χ0n) is 13.9. The van der Waals surface area contributed by atoms with E-state index < -0.39 is 5.97 Å². The molecule has 0 amide bonds. The van der Waals surface area contributed by atoms with Crippen LogP contribution in [-0.2, 0) is 7.05 Å². The first kappa shape index (κ1) is 18.5. The van der Waals surface area contributed by atoms with Crippen molar-refractivity contribution < 1.29 is 9.53 Å². The van der Waals surface area contributed by atoms with Crippen molar-refractivity contribution in [1.82, 2.24) is 9.78 Å². The molecule has 4 nitrogen and oxygen atoms in total. The maximum atomic E-state index is 12.6. The number of ether oxygens (including phenoxy) is 1. The van der Waals surface area contributed by atoms with E-state index in [2.05, 4.69) is 21.0 Å². The second-order valence-corrected chi connectivity index (χ2v) is 8.56. The molecule has 0 saturated heterocycles. The molecule has 136 valence electrons. The van der Waals surface area contributed by atoms with Gasteiger partial charge in [-0.1, -0.05) is 51.3 Å². The van der Waals surface area contributed by atoms with Gasteiger partial charge in [0, 0.05) is 27.5 Å². The van der Waals surface area contributed by atoms with Crippen molar-refractivity contribution >= 4 is 66.7 Å². The van der Waals surface area contributed by atoms with E-state index in [1.165, 1.54) is 11.3 Å². The molecular formula is C19H11BrCl2N2O2S. The monoisotopic (exact) mass is 480 g/mol. The topological polar surface area (TPSA) is 44.1 Å². The Bertz CT molecular complexity index is 1170. The lowest BCUT2D eigenvalue weighted by atomic mass is 10.1. The highest BCUT2D eigenvalue weighted by Gasteiger charge is 2.20. The van der Waals surface area contributed by atoms with E-state index in [-0.39, 0.29) is 0 Å². The average molecular weight is 482 g/mol. The minimum absolute atomic E-state index is 0.318. The fourth-order valence-corrected chi connectivity index (χ4v) is 4.46. The molecule has 0 saturated carbocycles. The van der Waals surface area contributed by atoms with E-state index in [1.54, 1.807) is 28.9 Å². The lowest BCUT2D eigenvalue weighted by molar-refractivity contribution is 0.0740. The standard InChI is InChI=1S/C19H11BrCl2N2O2S/c1-24-18-13(17(23-24)10-2-5-12(21)6-3-10)9-16(27-18)19(25)26-15-7-4-11(20)8-14(15)22/h2-9H,1H3. The zero-order valence-corrected chi connectivity index (χ0v) is 17.8. The fourth-order valence-electron chi connectivity index (χ4n) is 2.67. The molecule has 0 bridgehead atoms. The van der Waals surface area contributed by atoms with Crippen LogP contribution in [0.25, 0.3) is 21.5 Å². The van der Waals surface area contributed by atoms with Crippen molar-refractivity contribution in [3.8, 4) is 17.0 Å². The Morgan fingerprint density at radius 1 is 1.15 bits per heavy atom. The van der Waals surface area contributed by atoms with Gasteiger partial charge < -0.3 is 4.74 Å². The van der Waals surface area contributed by atoms with Crippen LogP contribution in [0.2, 0.25) is 10.0 Å². The molecule has 0 N–H and O–H groups in total. The van der Waals surface area contributed by atoms with Gasteiger partial charge in [0.05, 0.1) is 5.02 Å². The highest BCUT2D eigenvalue weighted by atomic mass is 79.9. The molecule has 0 aliphatic heterocycles. The number of aromatic nitrogens is 2. The van der Waals surface area contributed by atoms with Gasteiger partial charge in [-0.05, 0) is 36.4 Å². The summed E-state index contributed by atoms with van der Waals surface area (Å²) in [6.07, 6.45) is 0. The van der Waals surface area contributed by atoms with Crippen LogP contribution in [0, 0.1) is 0 Å². The number of halogens is 3. The summed E-state index contributed by atoms with van der Waals surface area (Å²) < 4.78 is 8.03. The van der Waals surface area contributed by atoms with Crippen molar-refractivity contribution in [2.75, 3.05) is 0 Å². The highest BCUT2D eigenvalue weighted by Crippen LogP contribution is 2.35. The van der Waals surface area contributed by atoms with Gasteiger partial charge >= 0.3 is 5.97 Å². The summed E-state index contributed by atoms with van der Waals surface area (Å²) >= 11 is 16.8. The minimum Gasteiger partial charge on any atom is -0.421 e. The van der Waals surface area contributed by atoms with Gasteiger partial charge in [0.1, 0.15) is 21.2 Å². The average Bonchev–Trinajstić information content (AvgIpc) is 3.19. The lowest BCUT2D eigenvalue weighted by Crippen LogP contribution is -2.06. The van der Waals surface area contributed by atoms with E-state index in [4.69, 9.17) is 27.9 Å². The number of aryl methyl sites for hydroxylation is 1. The fraction of sp³-hybridized carbons (Fsp3) is 0.0526. The Hall–Kier alpha value is -1.86. The molecule has 0 aliphatic carbocycles. The Morgan fingerprint density at radius 3 is 2.59 bits per heavy atom. The van der Waals surface area contributed by atoms with Crippen LogP contribution in [0.15, 0.2) is 53.0 Å². The van der Waals surface area contributed by atoms with Crippen LogP contribution in [0.1, 0.15) is 9.67 Å². The van der Waals surface area contributed by atoms with Gasteiger partial charge in [-0.3, -0.25) is 4.68 Å². The Kier molecular flexibility index (Phi) is 4.99. The van der Waals surface area contributed by atoms with Gasteiger partial charge in [0.2, 0.25) is 0 Å². The molecule has 2 heterocycles. The number of esters is 1. The van der Waals surface area contributed by atoms with Crippen LogP contribution < -0.4 is 4.74 Å². The molecule has 27 heavy (non-hydrogen) atoms. The predicted octanol–water partition coefficient (Wildman–Crippen LogP) is 6.59. The quantitative estimate of drug-likeness (QED) is 0.245. The molecule has 2 aromatic heterocycles. The van der Waals surface area contributed by atoms with Gasteiger partial charge in [0.15, 0.2) is 0 Å². The molecular weight excluding hydrogens is 471 g/mol. The number of nitrogens with zero attached hydrogens (tertiary/aromatic N) is 2. The number of benzene rings is 2. The SMILES string of the molecule is Cn1nc(-c2ccc(Cl)cc2)c2cc(C(=O)Oc3ccc(Br)cc3Cl)sc21. The number of thiophene rings is 1. The van der Waals surface area contributed by atoms with Crippen molar-refractivity contribution in [3.05, 3.63) is 67.9 Å². The van der Waals surface area contributed by atoms with E-state index in [0.717, 1.165) is 25.9 Å². The molecule has 2 aromatic carbocycles. The maximum absolute atomic E-state index is 12.6. The largest absolute Gasteiger partial charge is 0.421 e. The number of hydrogen-bond acceptors (Lipinski definition) is 4.